The Morgan fingerprint density at radius 1 is 1.45 bits per heavy atom. The Bertz CT molecular complexity index is 224. The molecule has 66 valence electrons. The maximum atomic E-state index is 10.9. The van der Waals surface area contributed by atoms with Crippen molar-refractivity contribution in [1.29, 1.82) is 0 Å². The highest BCUT2D eigenvalue weighted by molar-refractivity contribution is 8.14. The predicted molar refractivity (Wildman–Crippen MR) is 43.2 cm³/mol. The summed E-state index contributed by atoms with van der Waals surface area (Å²) in [6.45, 7) is 0. The van der Waals surface area contributed by atoms with E-state index in [0.717, 1.165) is 12.8 Å². The Hall–Kier alpha value is 0.200. The van der Waals surface area contributed by atoms with Crippen molar-refractivity contribution >= 4 is 19.7 Å². The molecule has 5 heteroatoms. The van der Waals surface area contributed by atoms with Crippen LogP contribution in [0.4, 0.5) is 0 Å². The molecule has 0 aromatic heterocycles. The molecule has 0 radical (unpaired) electrons. The molecular formula is C6H11ClO3S. The fourth-order valence-electron chi connectivity index (χ4n) is 1.48. The van der Waals surface area contributed by atoms with E-state index in [1.807, 2.05) is 0 Å². The molecule has 1 saturated carbocycles. The smallest absolute Gasteiger partial charge is 0.238 e. The lowest BCUT2D eigenvalue weighted by molar-refractivity contribution is 0.111. The van der Waals surface area contributed by atoms with Crippen LogP contribution in [0.3, 0.4) is 0 Å². The van der Waals surface area contributed by atoms with E-state index in [9.17, 15) is 8.42 Å². The second-order valence-electron chi connectivity index (χ2n) is 2.72. The van der Waals surface area contributed by atoms with Crippen molar-refractivity contribution < 1.29 is 13.2 Å². The second kappa shape index (κ2) is 3.29. The number of ether oxygens (including phenoxy) is 1. The average Bonchev–Trinajstić information content (AvgIpc) is 2.31. The van der Waals surface area contributed by atoms with Gasteiger partial charge in [-0.1, -0.05) is 0 Å². The number of hydrogen-bond acceptors (Lipinski definition) is 3. The Kier molecular flexibility index (Phi) is 2.78. The third kappa shape index (κ3) is 2.07. The zero-order chi connectivity index (χ0) is 8.48. The van der Waals surface area contributed by atoms with Crippen LogP contribution in [0, 0.1) is 0 Å². The van der Waals surface area contributed by atoms with Crippen LogP contribution < -0.4 is 0 Å². The highest BCUT2D eigenvalue weighted by Gasteiger charge is 2.36. The molecule has 0 spiro atoms. The van der Waals surface area contributed by atoms with Gasteiger partial charge < -0.3 is 4.74 Å². The van der Waals surface area contributed by atoms with Crippen LogP contribution in [0.25, 0.3) is 0 Å². The molecule has 1 aliphatic carbocycles. The van der Waals surface area contributed by atoms with Gasteiger partial charge in [0.15, 0.2) is 0 Å². The summed E-state index contributed by atoms with van der Waals surface area (Å²) in [6.07, 6.45) is 2.12. The highest BCUT2D eigenvalue weighted by atomic mass is 35.7. The maximum Gasteiger partial charge on any atom is 0.238 e. The van der Waals surface area contributed by atoms with Gasteiger partial charge in [0.1, 0.15) is 5.25 Å². The minimum absolute atomic E-state index is 0.197. The summed E-state index contributed by atoms with van der Waals surface area (Å²) in [4.78, 5) is 0. The monoisotopic (exact) mass is 198 g/mol. The van der Waals surface area contributed by atoms with Crippen molar-refractivity contribution in [2.75, 3.05) is 7.11 Å². The molecule has 0 aliphatic heterocycles. The van der Waals surface area contributed by atoms with Crippen LogP contribution >= 0.6 is 10.7 Å². The summed E-state index contributed by atoms with van der Waals surface area (Å²) >= 11 is 0. The van der Waals surface area contributed by atoms with Crippen molar-refractivity contribution in [2.24, 2.45) is 0 Å². The zero-order valence-corrected chi connectivity index (χ0v) is 7.86. The maximum absolute atomic E-state index is 10.9. The molecule has 0 bridgehead atoms. The number of rotatable bonds is 2. The fraction of sp³-hybridized carbons (Fsp3) is 1.00. The van der Waals surface area contributed by atoms with E-state index in [1.165, 1.54) is 7.11 Å². The molecule has 1 aliphatic rings. The molecule has 1 rings (SSSR count). The molecular weight excluding hydrogens is 188 g/mol. The summed E-state index contributed by atoms with van der Waals surface area (Å²) in [5.74, 6) is 0. The average molecular weight is 199 g/mol. The standard InChI is InChI=1S/C6H11ClO3S/c1-10-5-3-2-4-6(5)11(7,8)9/h5-6H,2-4H2,1H3/t5-,6+/m0/s1. The first-order valence-electron chi connectivity index (χ1n) is 3.52. The molecule has 0 aromatic carbocycles. The van der Waals surface area contributed by atoms with Crippen LogP contribution in [0.5, 0.6) is 0 Å². The van der Waals surface area contributed by atoms with Crippen molar-refractivity contribution in [2.45, 2.75) is 30.6 Å². The second-order valence-corrected chi connectivity index (χ2v) is 5.57. The van der Waals surface area contributed by atoms with Gasteiger partial charge in [0, 0.05) is 17.8 Å². The van der Waals surface area contributed by atoms with Gasteiger partial charge in [-0.25, -0.2) is 8.42 Å². The summed E-state index contributed by atoms with van der Waals surface area (Å²) in [6, 6.07) is 0. The Balaban J connectivity index is 2.72. The summed E-state index contributed by atoms with van der Waals surface area (Å²) < 4.78 is 26.8. The highest BCUT2D eigenvalue weighted by Crippen LogP contribution is 2.29. The van der Waals surface area contributed by atoms with Crippen LogP contribution in [0.15, 0.2) is 0 Å². The zero-order valence-electron chi connectivity index (χ0n) is 6.29. The van der Waals surface area contributed by atoms with Gasteiger partial charge >= 0.3 is 0 Å². The van der Waals surface area contributed by atoms with Gasteiger partial charge in [-0.2, -0.15) is 0 Å². The molecule has 3 nitrogen and oxygen atoms in total. The normalized spacial score (nSPS) is 32.5. The minimum atomic E-state index is -3.42. The van der Waals surface area contributed by atoms with Crippen molar-refractivity contribution in [1.82, 2.24) is 0 Å². The molecule has 0 unspecified atom stereocenters. The molecule has 0 saturated heterocycles. The van der Waals surface area contributed by atoms with Gasteiger partial charge in [-0.3, -0.25) is 0 Å². The molecule has 2 atom stereocenters. The van der Waals surface area contributed by atoms with E-state index in [1.54, 1.807) is 0 Å². The molecule has 11 heavy (non-hydrogen) atoms. The third-order valence-corrected chi connectivity index (χ3v) is 4.01. The summed E-state index contributed by atoms with van der Waals surface area (Å²) in [5.41, 5.74) is 0. The fourth-order valence-corrected chi connectivity index (χ4v) is 3.15. The quantitative estimate of drug-likeness (QED) is 0.625. The van der Waals surface area contributed by atoms with Crippen LogP contribution in [0.2, 0.25) is 0 Å². The molecule has 1 fully saturated rings. The summed E-state index contributed by atoms with van der Waals surface area (Å²) in [5, 5.41) is -0.492. The van der Waals surface area contributed by atoms with E-state index in [-0.39, 0.29) is 6.10 Å². The van der Waals surface area contributed by atoms with E-state index in [2.05, 4.69) is 0 Å². The van der Waals surface area contributed by atoms with Crippen LogP contribution in [0.1, 0.15) is 19.3 Å². The first-order valence-corrected chi connectivity index (χ1v) is 5.89. The van der Waals surface area contributed by atoms with Gasteiger partial charge in [0.25, 0.3) is 0 Å². The van der Waals surface area contributed by atoms with Gasteiger partial charge in [-0.15, -0.1) is 0 Å². The van der Waals surface area contributed by atoms with Crippen molar-refractivity contribution in [3.8, 4) is 0 Å². The molecule has 0 heterocycles. The molecule has 0 amide bonds. The lowest BCUT2D eigenvalue weighted by Gasteiger charge is -2.13. The van der Waals surface area contributed by atoms with E-state index in [0.29, 0.717) is 6.42 Å². The van der Waals surface area contributed by atoms with E-state index >= 15 is 0 Å². The van der Waals surface area contributed by atoms with Gasteiger partial charge in [0.05, 0.1) is 6.10 Å². The van der Waals surface area contributed by atoms with E-state index in [4.69, 9.17) is 15.4 Å². The molecule has 0 aromatic rings. The van der Waals surface area contributed by atoms with E-state index < -0.39 is 14.3 Å². The third-order valence-electron chi connectivity index (χ3n) is 2.06. The lowest BCUT2D eigenvalue weighted by Crippen LogP contribution is -2.27. The Morgan fingerprint density at radius 2 is 2.09 bits per heavy atom. The lowest BCUT2D eigenvalue weighted by atomic mass is 10.3. The first-order chi connectivity index (χ1) is 5.05. The Morgan fingerprint density at radius 3 is 2.45 bits per heavy atom. The largest absolute Gasteiger partial charge is 0.380 e. The number of halogens is 1. The molecule has 0 N–H and O–H groups in total. The topological polar surface area (TPSA) is 43.4 Å². The van der Waals surface area contributed by atoms with Crippen molar-refractivity contribution in [3.05, 3.63) is 0 Å². The number of methoxy groups -OCH3 is 1. The van der Waals surface area contributed by atoms with Gasteiger partial charge in [0.2, 0.25) is 9.05 Å². The van der Waals surface area contributed by atoms with Crippen molar-refractivity contribution in [3.63, 3.8) is 0 Å². The SMILES string of the molecule is CO[C@H]1CCC[C@H]1S(=O)(=O)Cl. The summed E-state index contributed by atoms with van der Waals surface area (Å²) in [7, 11) is 3.31. The van der Waals surface area contributed by atoms with Gasteiger partial charge in [-0.05, 0) is 19.3 Å². The predicted octanol–water partition coefficient (Wildman–Crippen LogP) is 1.12. The minimum Gasteiger partial charge on any atom is -0.380 e. The van der Waals surface area contributed by atoms with Crippen LogP contribution in [-0.4, -0.2) is 26.9 Å². The Labute approximate surface area is 71.1 Å². The first kappa shape index (κ1) is 9.29. The number of hydrogen-bond donors (Lipinski definition) is 0. The van der Waals surface area contributed by atoms with Crippen LogP contribution in [-0.2, 0) is 13.8 Å².